The van der Waals surface area contributed by atoms with E-state index in [1.165, 1.54) is 4.90 Å². The lowest BCUT2D eigenvalue weighted by Gasteiger charge is -2.32. The Morgan fingerprint density at radius 3 is 2.19 bits per heavy atom. The van der Waals surface area contributed by atoms with Gasteiger partial charge in [0.05, 0.1) is 0 Å². The van der Waals surface area contributed by atoms with Crippen LogP contribution in [0.15, 0.2) is 42.5 Å². The molecule has 0 saturated heterocycles. The number of benzene rings is 2. The normalized spacial score (nSPS) is 11.9. The van der Waals surface area contributed by atoms with Crippen molar-refractivity contribution in [2.45, 2.75) is 47.6 Å². The number of amides is 2. The maximum absolute atomic E-state index is 13.7. The molecular formula is C25H33F2N3O2. The molecule has 2 rings (SSSR count). The molecule has 3 N–H and O–H groups in total. The van der Waals surface area contributed by atoms with Gasteiger partial charge in [-0.15, -0.1) is 0 Å². The number of anilines is 1. The zero-order valence-electron chi connectivity index (χ0n) is 19.5. The Hall–Kier alpha value is -2.80. The van der Waals surface area contributed by atoms with Gasteiger partial charge in [-0.25, -0.2) is 8.78 Å². The lowest BCUT2D eigenvalue weighted by molar-refractivity contribution is -0.117. The van der Waals surface area contributed by atoms with E-state index in [4.69, 9.17) is 5.73 Å². The Balaban J connectivity index is 2.28. The van der Waals surface area contributed by atoms with Gasteiger partial charge >= 0.3 is 0 Å². The standard InChI is InChI=1S/C25H33F2N3O2/c1-24(2,3)13-22(31)29-21-8-6-7-17(9-21)14-30(16-25(4,5)15-28)23(32)18-10-19(26)12-20(27)11-18/h6-12H,13-16,28H2,1-5H3,(H,29,31). The molecule has 0 bridgehead atoms. The Kier molecular flexibility index (Phi) is 8.13. The summed E-state index contributed by atoms with van der Waals surface area (Å²) in [5, 5.41) is 2.89. The molecule has 32 heavy (non-hydrogen) atoms. The summed E-state index contributed by atoms with van der Waals surface area (Å²) in [4.78, 5) is 27.0. The van der Waals surface area contributed by atoms with Crippen LogP contribution in [-0.4, -0.2) is 29.8 Å². The summed E-state index contributed by atoms with van der Waals surface area (Å²) in [6.45, 7) is 10.6. The van der Waals surface area contributed by atoms with E-state index < -0.39 is 23.0 Å². The van der Waals surface area contributed by atoms with Gasteiger partial charge in [0.15, 0.2) is 0 Å². The average Bonchev–Trinajstić information content (AvgIpc) is 2.64. The molecule has 0 unspecified atom stereocenters. The van der Waals surface area contributed by atoms with Crippen molar-refractivity contribution in [2.75, 3.05) is 18.4 Å². The van der Waals surface area contributed by atoms with Gasteiger partial charge in [0.25, 0.3) is 5.91 Å². The second kappa shape index (κ2) is 10.2. The van der Waals surface area contributed by atoms with E-state index in [-0.39, 0.29) is 23.4 Å². The third-order valence-electron chi connectivity index (χ3n) is 4.84. The van der Waals surface area contributed by atoms with Crippen LogP contribution < -0.4 is 11.1 Å². The van der Waals surface area contributed by atoms with Gasteiger partial charge in [0.2, 0.25) is 5.91 Å². The quantitative estimate of drug-likeness (QED) is 0.603. The van der Waals surface area contributed by atoms with Crippen molar-refractivity contribution in [3.8, 4) is 0 Å². The Labute approximate surface area is 189 Å². The molecule has 5 nitrogen and oxygen atoms in total. The van der Waals surface area contributed by atoms with Crippen LogP contribution >= 0.6 is 0 Å². The maximum atomic E-state index is 13.7. The number of halogens is 2. The molecule has 0 heterocycles. The molecule has 7 heteroatoms. The van der Waals surface area contributed by atoms with Crippen LogP contribution in [0.5, 0.6) is 0 Å². The van der Waals surface area contributed by atoms with Crippen molar-refractivity contribution >= 4 is 17.5 Å². The first kappa shape index (κ1) is 25.5. The van der Waals surface area contributed by atoms with Crippen molar-refractivity contribution in [3.05, 3.63) is 65.2 Å². The number of hydrogen-bond acceptors (Lipinski definition) is 3. The number of nitrogens with two attached hydrogens (primary N) is 1. The van der Waals surface area contributed by atoms with Crippen molar-refractivity contribution < 1.29 is 18.4 Å². The molecule has 2 aromatic rings. The van der Waals surface area contributed by atoms with Gasteiger partial charge in [-0.05, 0) is 47.2 Å². The van der Waals surface area contributed by atoms with Gasteiger partial charge in [-0.2, -0.15) is 0 Å². The lowest BCUT2D eigenvalue weighted by Crippen LogP contribution is -2.41. The minimum atomic E-state index is -0.810. The number of hydrogen-bond donors (Lipinski definition) is 2. The second-order valence-corrected chi connectivity index (χ2v) is 10.2. The first-order valence-corrected chi connectivity index (χ1v) is 10.6. The van der Waals surface area contributed by atoms with Crippen LogP contribution in [0.4, 0.5) is 14.5 Å². The molecule has 2 aromatic carbocycles. The summed E-state index contributed by atoms with van der Waals surface area (Å²) in [6, 6.07) is 9.98. The minimum absolute atomic E-state index is 0.0649. The maximum Gasteiger partial charge on any atom is 0.254 e. The third-order valence-corrected chi connectivity index (χ3v) is 4.84. The van der Waals surface area contributed by atoms with E-state index in [1.807, 2.05) is 40.7 Å². The van der Waals surface area contributed by atoms with Gasteiger partial charge in [0, 0.05) is 36.8 Å². The van der Waals surface area contributed by atoms with Crippen LogP contribution in [0.1, 0.15) is 57.0 Å². The summed E-state index contributed by atoms with van der Waals surface area (Å²) in [7, 11) is 0. The van der Waals surface area contributed by atoms with Crippen LogP contribution in [0.3, 0.4) is 0 Å². The van der Waals surface area contributed by atoms with Crippen molar-refractivity contribution in [1.82, 2.24) is 4.90 Å². The van der Waals surface area contributed by atoms with Gasteiger partial charge in [0.1, 0.15) is 11.6 Å². The van der Waals surface area contributed by atoms with Gasteiger partial charge in [-0.1, -0.05) is 46.8 Å². The van der Waals surface area contributed by atoms with E-state index >= 15 is 0 Å². The van der Waals surface area contributed by atoms with Crippen molar-refractivity contribution in [1.29, 1.82) is 0 Å². The van der Waals surface area contributed by atoms with Crippen LogP contribution in [0, 0.1) is 22.5 Å². The number of carbonyl (C=O) groups is 2. The average molecular weight is 446 g/mol. The first-order valence-electron chi connectivity index (χ1n) is 10.6. The van der Waals surface area contributed by atoms with Gasteiger partial charge in [-0.3, -0.25) is 9.59 Å². The molecule has 2 amide bonds. The molecule has 0 aliphatic heterocycles. The molecule has 0 aliphatic rings. The summed E-state index contributed by atoms with van der Waals surface area (Å²) in [5.74, 6) is -2.21. The van der Waals surface area contributed by atoms with Crippen molar-refractivity contribution in [2.24, 2.45) is 16.6 Å². The predicted molar refractivity (Wildman–Crippen MR) is 123 cm³/mol. The summed E-state index contributed by atoms with van der Waals surface area (Å²) < 4.78 is 27.4. The predicted octanol–water partition coefficient (Wildman–Crippen LogP) is 4.97. The van der Waals surface area contributed by atoms with Crippen LogP contribution in [-0.2, 0) is 11.3 Å². The van der Waals surface area contributed by atoms with E-state index in [1.54, 1.807) is 18.2 Å². The molecular weight excluding hydrogens is 412 g/mol. The summed E-state index contributed by atoms with van der Waals surface area (Å²) in [6.07, 6.45) is 0.373. The Morgan fingerprint density at radius 1 is 1.00 bits per heavy atom. The molecule has 0 aliphatic carbocycles. The number of carbonyl (C=O) groups excluding carboxylic acids is 2. The zero-order valence-corrected chi connectivity index (χ0v) is 19.5. The van der Waals surface area contributed by atoms with Crippen molar-refractivity contribution in [3.63, 3.8) is 0 Å². The fourth-order valence-corrected chi connectivity index (χ4v) is 3.30. The number of nitrogens with zero attached hydrogens (tertiary/aromatic N) is 1. The lowest BCUT2D eigenvalue weighted by atomic mass is 9.92. The smallest absolute Gasteiger partial charge is 0.254 e. The highest BCUT2D eigenvalue weighted by molar-refractivity contribution is 5.94. The third kappa shape index (κ3) is 8.04. The molecule has 0 saturated carbocycles. The second-order valence-electron chi connectivity index (χ2n) is 10.2. The molecule has 0 fully saturated rings. The fourth-order valence-electron chi connectivity index (χ4n) is 3.30. The molecule has 0 atom stereocenters. The number of nitrogens with one attached hydrogen (secondary N) is 1. The van der Waals surface area contributed by atoms with Crippen LogP contribution in [0.25, 0.3) is 0 Å². The van der Waals surface area contributed by atoms with E-state index in [9.17, 15) is 18.4 Å². The van der Waals surface area contributed by atoms with E-state index in [0.29, 0.717) is 25.2 Å². The molecule has 0 spiro atoms. The van der Waals surface area contributed by atoms with Gasteiger partial charge < -0.3 is 16.0 Å². The summed E-state index contributed by atoms with van der Waals surface area (Å²) >= 11 is 0. The molecule has 174 valence electrons. The number of rotatable bonds is 8. The summed E-state index contributed by atoms with van der Waals surface area (Å²) in [5.41, 5.74) is 6.65. The fraction of sp³-hybridized carbons (Fsp3) is 0.440. The molecule has 0 aromatic heterocycles. The van der Waals surface area contributed by atoms with E-state index in [0.717, 1.165) is 23.8 Å². The minimum Gasteiger partial charge on any atom is -0.334 e. The van der Waals surface area contributed by atoms with E-state index in [2.05, 4.69) is 5.32 Å². The Bertz CT molecular complexity index is 948. The molecule has 0 radical (unpaired) electrons. The largest absolute Gasteiger partial charge is 0.334 e. The monoisotopic (exact) mass is 445 g/mol. The highest BCUT2D eigenvalue weighted by Crippen LogP contribution is 2.23. The Morgan fingerprint density at radius 2 is 1.62 bits per heavy atom. The first-order chi connectivity index (χ1) is 14.8. The topological polar surface area (TPSA) is 75.4 Å². The highest BCUT2D eigenvalue weighted by Gasteiger charge is 2.26. The van der Waals surface area contributed by atoms with Crippen LogP contribution in [0.2, 0.25) is 0 Å². The highest BCUT2D eigenvalue weighted by atomic mass is 19.1. The SMILES string of the molecule is CC(C)(C)CC(=O)Nc1cccc(CN(CC(C)(C)CN)C(=O)c2cc(F)cc(F)c2)c1. The zero-order chi connectivity index (χ0) is 24.1.